The molecular weight excluding hydrogens is 488 g/mol. The van der Waals surface area contributed by atoms with Gasteiger partial charge in [0.1, 0.15) is 0 Å². The highest BCUT2D eigenvalue weighted by molar-refractivity contribution is 7.99. The molecule has 7 rings (SSSR count). The first-order chi connectivity index (χ1) is 19.3. The van der Waals surface area contributed by atoms with E-state index in [1.165, 1.54) is 64.7 Å². The number of fused-ring (bicyclic) bond motifs is 2. The first-order valence-corrected chi connectivity index (χ1v) is 14.1. The molecule has 7 aromatic carbocycles. The van der Waals surface area contributed by atoms with Crippen LogP contribution in [0.5, 0.6) is 0 Å². The molecule has 0 N–H and O–H groups in total. The Bertz CT molecular complexity index is 1910. The minimum absolute atomic E-state index is 1.22. The summed E-state index contributed by atoms with van der Waals surface area (Å²) in [5.74, 6) is 0. The van der Waals surface area contributed by atoms with E-state index in [0.29, 0.717) is 0 Å². The number of benzene rings is 7. The van der Waals surface area contributed by atoms with E-state index in [2.05, 4.69) is 158 Å². The summed E-state index contributed by atoms with van der Waals surface area (Å²) in [4.78, 5) is 2.49. The number of hydrogen-bond donors (Lipinski definition) is 0. The highest BCUT2D eigenvalue weighted by Gasteiger charge is 2.20. The lowest BCUT2D eigenvalue weighted by molar-refractivity contribution is 1.40. The van der Waals surface area contributed by atoms with Gasteiger partial charge in [0.2, 0.25) is 0 Å². The van der Waals surface area contributed by atoms with Gasteiger partial charge in [0.25, 0.3) is 0 Å². The second-order valence-electron chi connectivity index (χ2n) is 9.74. The van der Waals surface area contributed by atoms with Crippen LogP contribution in [0, 0.1) is 0 Å². The van der Waals surface area contributed by atoms with Crippen molar-refractivity contribution in [2.45, 2.75) is 9.79 Å². The fraction of sp³-hybridized carbons (Fsp3) is 0. The molecule has 0 atom stereocenters. The summed E-state index contributed by atoms with van der Waals surface area (Å²) < 4.78 is 0. The van der Waals surface area contributed by atoms with E-state index >= 15 is 0 Å². The monoisotopic (exact) mass is 514 g/mol. The summed E-state index contributed by atoms with van der Waals surface area (Å²) >= 11 is 1.83. The Kier molecular flexibility index (Phi) is 6.20. The van der Waals surface area contributed by atoms with Crippen molar-refractivity contribution >= 4 is 33.3 Å². The molecule has 0 saturated carbocycles. The zero-order valence-electron chi connectivity index (χ0n) is 21.4. The highest BCUT2D eigenvalue weighted by Crippen LogP contribution is 2.48. The number of hydrogen-bond acceptors (Lipinski definition) is 1. The molecule has 0 bridgehead atoms. The first-order valence-electron chi connectivity index (χ1n) is 13.3. The largest absolute Gasteiger partial charge is 0.0895 e. The quantitative estimate of drug-likeness (QED) is 0.206. The smallest absolute Gasteiger partial charge is 0.0201 e. The molecule has 0 spiro atoms. The molecular formula is C38H26S. The molecule has 0 amide bonds. The SMILES string of the molecule is c1ccc(Sc2ccccc2-c2c(-c3ccccc3)c(-c3ccccc3)cc3cc4ccccc4cc23)cc1. The summed E-state index contributed by atoms with van der Waals surface area (Å²) in [7, 11) is 0. The maximum absolute atomic E-state index is 2.38. The van der Waals surface area contributed by atoms with Gasteiger partial charge in [-0.05, 0) is 91.3 Å². The molecule has 0 aliphatic rings. The van der Waals surface area contributed by atoms with Crippen LogP contribution >= 0.6 is 11.8 Å². The molecule has 39 heavy (non-hydrogen) atoms. The summed E-state index contributed by atoms with van der Waals surface area (Å²) in [5.41, 5.74) is 7.50. The molecule has 0 aliphatic heterocycles. The average Bonchev–Trinajstić information content (AvgIpc) is 3.01. The zero-order chi connectivity index (χ0) is 26.0. The molecule has 0 aliphatic carbocycles. The van der Waals surface area contributed by atoms with Crippen LogP contribution in [-0.4, -0.2) is 0 Å². The molecule has 0 unspecified atom stereocenters. The van der Waals surface area contributed by atoms with Gasteiger partial charge in [0, 0.05) is 9.79 Å². The lowest BCUT2D eigenvalue weighted by Crippen LogP contribution is -1.94. The second kappa shape index (κ2) is 10.3. The number of rotatable bonds is 5. The van der Waals surface area contributed by atoms with Crippen LogP contribution < -0.4 is 0 Å². The van der Waals surface area contributed by atoms with Gasteiger partial charge in [-0.25, -0.2) is 0 Å². The topological polar surface area (TPSA) is 0 Å². The van der Waals surface area contributed by atoms with E-state index in [1.54, 1.807) is 0 Å². The van der Waals surface area contributed by atoms with Crippen LogP contribution in [-0.2, 0) is 0 Å². The molecule has 1 heteroatoms. The van der Waals surface area contributed by atoms with Crippen LogP contribution in [0.3, 0.4) is 0 Å². The molecule has 7 aromatic rings. The summed E-state index contributed by atoms with van der Waals surface area (Å²) in [6.45, 7) is 0. The van der Waals surface area contributed by atoms with Gasteiger partial charge in [-0.1, -0.05) is 133 Å². The van der Waals surface area contributed by atoms with Gasteiger partial charge in [0.05, 0.1) is 0 Å². The van der Waals surface area contributed by atoms with Crippen molar-refractivity contribution in [3.8, 4) is 33.4 Å². The third-order valence-corrected chi connectivity index (χ3v) is 8.36. The van der Waals surface area contributed by atoms with E-state index in [4.69, 9.17) is 0 Å². The van der Waals surface area contributed by atoms with Crippen molar-refractivity contribution < 1.29 is 0 Å². The Morgan fingerprint density at radius 2 is 0.923 bits per heavy atom. The summed E-state index contributed by atoms with van der Waals surface area (Å²) in [6, 6.07) is 57.0. The minimum Gasteiger partial charge on any atom is -0.0895 e. The van der Waals surface area contributed by atoms with Crippen LogP contribution in [0.1, 0.15) is 0 Å². The average molecular weight is 515 g/mol. The Morgan fingerprint density at radius 1 is 0.359 bits per heavy atom. The van der Waals surface area contributed by atoms with E-state index in [1.807, 2.05) is 11.8 Å². The van der Waals surface area contributed by atoms with Gasteiger partial charge in [0.15, 0.2) is 0 Å². The molecule has 0 aromatic heterocycles. The lowest BCUT2D eigenvalue weighted by Gasteiger charge is -2.21. The highest BCUT2D eigenvalue weighted by atomic mass is 32.2. The van der Waals surface area contributed by atoms with Gasteiger partial charge in [-0.15, -0.1) is 0 Å². The van der Waals surface area contributed by atoms with Crippen molar-refractivity contribution in [1.29, 1.82) is 0 Å². The Balaban J connectivity index is 1.63. The van der Waals surface area contributed by atoms with E-state index < -0.39 is 0 Å². The predicted molar refractivity (Wildman–Crippen MR) is 168 cm³/mol. The second-order valence-corrected chi connectivity index (χ2v) is 10.9. The predicted octanol–water partition coefficient (Wildman–Crippen LogP) is 11.1. The van der Waals surface area contributed by atoms with Crippen molar-refractivity contribution in [2.24, 2.45) is 0 Å². The van der Waals surface area contributed by atoms with Crippen LogP contribution in [0.2, 0.25) is 0 Å². The standard InChI is InChI=1S/C38H26S/c1-4-14-27(15-5-1)34-26-31-24-29-18-10-11-19-30(29)25-35(31)38(37(34)28-16-6-2-7-17-28)33-22-12-13-23-36(33)39-32-20-8-3-9-21-32/h1-26H. The van der Waals surface area contributed by atoms with Crippen molar-refractivity contribution in [2.75, 3.05) is 0 Å². The van der Waals surface area contributed by atoms with E-state index in [-0.39, 0.29) is 0 Å². The normalized spacial score (nSPS) is 11.2. The molecule has 0 nitrogen and oxygen atoms in total. The molecule has 0 radical (unpaired) electrons. The zero-order valence-corrected chi connectivity index (χ0v) is 22.2. The van der Waals surface area contributed by atoms with E-state index in [0.717, 1.165) is 0 Å². The van der Waals surface area contributed by atoms with Crippen molar-refractivity contribution in [1.82, 2.24) is 0 Å². The third-order valence-electron chi connectivity index (χ3n) is 7.28. The fourth-order valence-electron chi connectivity index (χ4n) is 5.50. The van der Waals surface area contributed by atoms with Crippen LogP contribution in [0.4, 0.5) is 0 Å². The molecule has 0 heterocycles. The molecule has 184 valence electrons. The van der Waals surface area contributed by atoms with Gasteiger partial charge in [-0.3, -0.25) is 0 Å². The fourth-order valence-corrected chi connectivity index (χ4v) is 6.47. The lowest BCUT2D eigenvalue weighted by atomic mass is 9.83. The molecule has 0 saturated heterocycles. The third kappa shape index (κ3) is 4.52. The van der Waals surface area contributed by atoms with Gasteiger partial charge in [-0.2, -0.15) is 0 Å². The first kappa shape index (κ1) is 23.5. The Hall–Kier alpha value is -4.59. The van der Waals surface area contributed by atoms with Crippen molar-refractivity contribution in [3.63, 3.8) is 0 Å². The summed E-state index contributed by atoms with van der Waals surface area (Å²) in [6.07, 6.45) is 0. The van der Waals surface area contributed by atoms with Crippen LogP contribution in [0.25, 0.3) is 54.9 Å². The Labute approximate surface area is 233 Å². The minimum atomic E-state index is 1.22. The Morgan fingerprint density at radius 3 is 1.64 bits per heavy atom. The van der Waals surface area contributed by atoms with Crippen molar-refractivity contribution in [3.05, 3.63) is 158 Å². The maximum atomic E-state index is 2.38. The van der Waals surface area contributed by atoms with E-state index in [9.17, 15) is 0 Å². The maximum Gasteiger partial charge on any atom is 0.0201 e. The molecule has 0 fully saturated rings. The van der Waals surface area contributed by atoms with Gasteiger partial charge < -0.3 is 0 Å². The summed E-state index contributed by atoms with van der Waals surface area (Å²) in [5, 5.41) is 5.04. The van der Waals surface area contributed by atoms with Crippen LogP contribution in [0.15, 0.2) is 168 Å². The van der Waals surface area contributed by atoms with Gasteiger partial charge >= 0.3 is 0 Å².